The molecule has 0 spiro atoms. The molecule has 0 unspecified atom stereocenters. The van der Waals surface area contributed by atoms with E-state index in [4.69, 9.17) is 14.9 Å². The van der Waals surface area contributed by atoms with Gasteiger partial charge >= 0.3 is 0 Å². The number of ether oxygens (including phenoxy) is 1. The number of nitrogens with two attached hydrogens (primary N) is 1. The molecule has 0 amide bonds. The van der Waals surface area contributed by atoms with Crippen LogP contribution in [0.1, 0.15) is 25.7 Å². The van der Waals surface area contributed by atoms with E-state index in [0.29, 0.717) is 15.8 Å². The predicted molar refractivity (Wildman–Crippen MR) is 114 cm³/mol. The summed E-state index contributed by atoms with van der Waals surface area (Å²) in [5, 5.41) is 9.22. The van der Waals surface area contributed by atoms with Crippen LogP contribution < -0.4 is 14.8 Å². The lowest BCUT2D eigenvalue weighted by Gasteiger charge is -2.33. The van der Waals surface area contributed by atoms with Gasteiger partial charge in [-0.05, 0) is 32.7 Å². The highest BCUT2D eigenvalue weighted by molar-refractivity contribution is 8.00. The lowest BCUT2D eigenvalue weighted by Crippen LogP contribution is -2.45. The van der Waals surface area contributed by atoms with Crippen LogP contribution in [-0.2, 0) is 10.0 Å². The average molecular weight is 456 g/mol. The van der Waals surface area contributed by atoms with E-state index in [2.05, 4.69) is 21.8 Å². The number of anilines is 1. The van der Waals surface area contributed by atoms with E-state index in [-0.39, 0.29) is 11.0 Å². The van der Waals surface area contributed by atoms with Gasteiger partial charge in [0.05, 0.1) is 6.20 Å². The number of primary sulfonamides is 1. The van der Waals surface area contributed by atoms with Gasteiger partial charge in [-0.25, -0.2) is 23.5 Å². The smallest absolute Gasteiger partial charge is 0.259 e. The fraction of sp³-hybridized carbons (Fsp3) is 0.556. The molecule has 2 N–H and O–H groups in total. The summed E-state index contributed by atoms with van der Waals surface area (Å²) < 4.78 is 29.8. The highest BCUT2D eigenvalue weighted by atomic mass is 32.2. The standard InChI is InChI=1S/C18H25N5O3S3/c1-22-6-8-23(9-7-22)17-18(26-13-4-2-3-5-13)21-16(10-20-17)28-14-11-27-12-15(14)29(19,24)25/h10-13H,2-9H2,1H3,(H2,19,24,25). The molecule has 29 heavy (non-hydrogen) atoms. The SMILES string of the molecule is CN1CCN(c2ncc(Sc3cscc3S(N)(=O)=O)nc2OC2CCCC2)CC1. The van der Waals surface area contributed by atoms with Crippen molar-refractivity contribution in [1.29, 1.82) is 0 Å². The van der Waals surface area contributed by atoms with Crippen molar-refractivity contribution < 1.29 is 13.2 Å². The van der Waals surface area contributed by atoms with Crippen molar-refractivity contribution in [3.8, 4) is 5.88 Å². The van der Waals surface area contributed by atoms with E-state index in [1.165, 1.54) is 35.9 Å². The van der Waals surface area contributed by atoms with Gasteiger partial charge in [0.15, 0.2) is 5.82 Å². The molecule has 1 saturated heterocycles. The minimum Gasteiger partial charge on any atom is -0.472 e. The molecule has 0 aromatic carbocycles. The number of likely N-dealkylation sites (N-methyl/N-ethyl adjacent to an activating group) is 1. The van der Waals surface area contributed by atoms with Crippen molar-refractivity contribution in [2.45, 2.75) is 46.6 Å². The molecule has 2 aromatic rings. The zero-order valence-electron chi connectivity index (χ0n) is 16.3. The summed E-state index contributed by atoms with van der Waals surface area (Å²) in [6, 6.07) is 0. The first kappa shape index (κ1) is 20.9. The van der Waals surface area contributed by atoms with Crippen molar-refractivity contribution in [1.82, 2.24) is 14.9 Å². The van der Waals surface area contributed by atoms with E-state index in [1.807, 2.05) is 0 Å². The Morgan fingerprint density at radius 2 is 1.93 bits per heavy atom. The fourth-order valence-electron chi connectivity index (χ4n) is 3.55. The predicted octanol–water partition coefficient (Wildman–Crippen LogP) is 2.41. The molecule has 3 heterocycles. The number of hydrogen-bond donors (Lipinski definition) is 1. The molecule has 1 saturated carbocycles. The Hall–Kier alpha value is -1.40. The van der Waals surface area contributed by atoms with E-state index in [1.54, 1.807) is 17.0 Å². The Balaban J connectivity index is 1.61. The fourth-order valence-corrected chi connectivity index (χ4v) is 6.76. The van der Waals surface area contributed by atoms with Crippen molar-refractivity contribution in [3.63, 3.8) is 0 Å². The number of hydrogen-bond acceptors (Lipinski definition) is 9. The van der Waals surface area contributed by atoms with Crippen LogP contribution in [0.4, 0.5) is 5.82 Å². The number of sulfonamides is 1. The minimum absolute atomic E-state index is 0.121. The molecule has 0 atom stereocenters. The first-order valence-corrected chi connectivity index (χ1v) is 12.9. The molecule has 2 aromatic heterocycles. The molecule has 1 aliphatic heterocycles. The Morgan fingerprint density at radius 3 is 2.62 bits per heavy atom. The summed E-state index contributed by atoms with van der Waals surface area (Å²) >= 11 is 2.54. The van der Waals surface area contributed by atoms with Crippen LogP contribution in [0.5, 0.6) is 5.88 Å². The number of piperazine rings is 1. The highest BCUT2D eigenvalue weighted by Gasteiger charge is 2.25. The number of rotatable bonds is 6. The van der Waals surface area contributed by atoms with Crippen LogP contribution in [0.25, 0.3) is 0 Å². The zero-order chi connectivity index (χ0) is 20.4. The largest absolute Gasteiger partial charge is 0.472 e. The van der Waals surface area contributed by atoms with Crippen molar-refractivity contribution in [3.05, 3.63) is 17.0 Å². The van der Waals surface area contributed by atoms with Gasteiger partial charge in [-0.2, -0.15) is 0 Å². The average Bonchev–Trinajstić information content (AvgIpc) is 3.34. The third-order valence-corrected chi connectivity index (χ3v) is 8.28. The summed E-state index contributed by atoms with van der Waals surface area (Å²) in [5.41, 5.74) is 0. The third-order valence-electron chi connectivity index (χ3n) is 5.20. The van der Waals surface area contributed by atoms with Gasteiger partial charge in [-0.15, -0.1) is 11.3 Å². The maximum absolute atomic E-state index is 11.8. The van der Waals surface area contributed by atoms with Crippen LogP contribution >= 0.6 is 23.1 Å². The quantitative estimate of drug-likeness (QED) is 0.709. The summed E-state index contributed by atoms with van der Waals surface area (Å²) in [4.78, 5) is 14.6. The normalized spacial score (nSPS) is 19.0. The van der Waals surface area contributed by atoms with Gasteiger partial charge in [-0.3, -0.25) is 0 Å². The van der Waals surface area contributed by atoms with Gasteiger partial charge in [0.25, 0.3) is 5.88 Å². The Labute approximate surface area is 179 Å². The number of nitrogens with zero attached hydrogens (tertiary/aromatic N) is 4. The first-order chi connectivity index (χ1) is 13.9. The van der Waals surface area contributed by atoms with E-state index >= 15 is 0 Å². The van der Waals surface area contributed by atoms with Gasteiger partial charge in [0, 0.05) is 41.8 Å². The van der Waals surface area contributed by atoms with Gasteiger partial charge in [-0.1, -0.05) is 11.8 Å². The molecule has 11 heteroatoms. The first-order valence-electron chi connectivity index (χ1n) is 9.64. The van der Waals surface area contributed by atoms with Gasteiger partial charge in [0.2, 0.25) is 10.0 Å². The Bertz CT molecular complexity index is 951. The van der Waals surface area contributed by atoms with Crippen molar-refractivity contribution >= 4 is 38.9 Å². The molecule has 4 rings (SSSR count). The minimum atomic E-state index is -3.77. The topological polar surface area (TPSA) is 102 Å². The summed E-state index contributed by atoms with van der Waals surface area (Å²) in [6.07, 6.45) is 6.25. The van der Waals surface area contributed by atoms with Crippen LogP contribution in [-0.4, -0.2) is 62.6 Å². The molecule has 2 fully saturated rings. The van der Waals surface area contributed by atoms with Crippen LogP contribution in [0.3, 0.4) is 0 Å². The number of aromatic nitrogens is 2. The maximum Gasteiger partial charge on any atom is 0.259 e. The molecular weight excluding hydrogens is 430 g/mol. The summed E-state index contributed by atoms with van der Waals surface area (Å²) in [5.74, 6) is 1.31. The lowest BCUT2D eigenvalue weighted by atomic mass is 10.3. The number of thiophene rings is 1. The molecular formula is C18H25N5O3S3. The molecule has 8 nitrogen and oxygen atoms in total. The maximum atomic E-state index is 11.8. The second kappa shape index (κ2) is 8.76. The third kappa shape index (κ3) is 5.02. The van der Waals surface area contributed by atoms with Crippen LogP contribution in [0, 0.1) is 0 Å². The summed E-state index contributed by atoms with van der Waals surface area (Å²) in [6.45, 7) is 3.68. The van der Waals surface area contributed by atoms with Crippen LogP contribution in [0.15, 0.2) is 31.8 Å². The molecule has 2 aliphatic rings. The van der Waals surface area contributed by atoms with Gasteiger partial charge in [0.1, 0.15) is 16.0 Å². The molecule has 0 bridgehead atoms. The van der Waals surface area contributed by atoms with E-state index in [0.717, 1.165) is 44.8 Å². The Kier molecular flexibility index (Phi) is 6.30. The van der Waals surface area contributed by atoms with Crippen molar-refractivity contribution in [2.24, 2.45) is 5.14 Å². The second-order valence-electron chi connectivity index (χ2n) is 7.40. The summed E-state index contributed by atoms with van der Waals surface area (Å²) in [7, 11) is -1.66. The second-order valence-corrected chi connectivity index (χ2v) is 10.7. The lowest BCUT2D eigenvalue weighted by molar-refractivity contribution is 0.199. The zero-order valence-corrected chi connectivity index (χ0v) is 18.7. The molecule has 158 valence electrons. The van der Waals surface area contributed by atoms with Crippen LogP contribution in [0.2, 0.25) is 0 Å². The Morgan fingerprint density at radius 1 is 1.21 bits per heavy atom. The molecule has 0 radical (unpaired) electrons. The molecule has 1 aliphatic carbocycles. The van der Waals surface area contributed by atoms with E-state index in [9.17, 15) is 8.42 Å². The van der Waals surface area contributed by atoms with E-state index < -0.39 is 10.0 Å². The highest BCUT2D eigenvalue weighted by Crippen LogP contribution is 2.37. The monoisotopic (exact) mass is 455 g/mol. The van der Waals surface area contributed by atoms with Gasteiger partial charge < -0.3 is 14.5 Å². The van der Waals surface area contributed by atoms with Crippen molar-refractivity contribution in [2.75, 3.05) is 38.1 Å².